The van der Waals surface area contributed by atoms with Crippen molar-refractivity contribution in [1.82, 2.24) is 10.2 Å². The second-order valence-corrected chi connectivity index (χ2v) is 7.44. The number of aliphatic imine (C=N–C) groups is 1. The molecule has 5 nitrogen and oxygen atoms in total. The molecule has 1 saturated carbocycles. The number of ether oxygens (including phenoxy) is 2. The second kappa shape index (κ2) is 12.5. The number of para-hydroxylation sites is 1. The Morgan fingerprint density at radius 3 is 2.46 bits per heavy atom. The van der Waals surface area contributed by atoms with E-state index >= 15 is 0 Å². The normalized spacial score (nSPS) is 18.8. The van der Waals surface area contributed by atoms with E-state index in [1.807, 2.05) is 0 Å². The van der Waals surface area contributed by atoms with Crippen LogP contribution in [0.1, 0.15) is 57.9 Å². The Balaban J connectivity index is 0.00000280. The van der Waals surface area contributed by atoms with Crippen LogP contribution in [0.2, 0.25) is 0 Å². The fourth-order valence-electron chi connectivity index (χ4n) is 3.99. The van der Waals surface area contributed by atoms with Gasteiger partial charge < -0.3 is 19.7 Å². The maximum Gasteiger partial charge on any atom is 0.194 e. The molecule has 0 radical (unpaired) electrons. The third-order valence-corrected chi connectivity index (χ3v) is 5.45. The van der Waals surface area contributed by atoms with Gasteiger partial charge in [0.05, 0.1) is 18.8 Å². The molecule has 158 valence electrons. The Bertz CT molecular complexity index is 597. The zero-order valence-electron chi connectivity index (χ0n) is 17.4. The van der Waals surface area contributed by atoms with E-state index in [1.54, 1.807) is 0 Å². The first-order valence-electron chi connectivity index (χ1n) is 10.7. The van der Waals surface area contributed by atoms with Gasteiger partial charge in [0.25, 0.3) is 0 Å². The number of hydrogen-bond acceptors (Lipinski definition) is 3. The molecule has 6 heteroatoms. The molecular formula is C22H36IN3O2. The van der Waals surface area contributed by atoms with Gasteiger partial charge in [0.1, 0.15) is 5.75 Å². The van der Waals surface area contributed by atoms with Crippen LogP contribution >= 0.6 is 24.0 Å². The van der Waals surface area contributed by atoms with E-state index in [1.165, 1.54) is 31.2 Å². The fourth-order valence-corrected chi connectivity index (χ4v) is 3.99. The Morgan fingerprint density at radius 1 is 1.07 bits per heavy atom. The van der Waals surface area contributed by atoms with Gasteiger partial charge in [-0.1, -0.05) is 18.2 Å². The topological polar surface area (TPSA) is 46.1 Å². The van der Waals surface area contributed by atoms with Gasteiger partial charge in [0.2, 0.25) is 0 Å². The van der Waals surface area contributed by atoms with Crippen LogP contribution in [0.5, 0.6) is 5.75 Å². The predicted octanol–water partition coefficient (Wildman–Crippen LogP) is 4.59. The summed E-state index contributed by atoms with van der Waals surface area (Å²) in [5, 5.41) is 3.46. The lowest BCUT2D eigenvalue weighted by Crippen LogP contribution is -2.47. The van der Waals surface area contributed by atoms with Gasteiger partial charge in [-0.25, -0.2) is 4.99 Å². The second-order valence-electron chi connectivity index (χ2n) is 7.44. The van der Waals surface area contributed by atoms with Crippen LogP contribution in [0.3, 0.4) is 0 Å². The van der Waals surface area contributed by atoms with Crippen molar-refractivity contribution < 1.29 is 9.47 Å². The number of likely N-dealkylation sites (tertiary alicyclic amines) is 1. The lowest BCUT2D eigenvalue weighted by Gasteiger charge is -2.34. The van der Waals surface area contributed by atoms with E-state index in [-0.39, 0.29) is 24.0 Å². The minimum atomic E-state index is 0. The fraction of sp³-hybridized carbons (Fsp3) is 0.682. The van der Waals surface area contributed by atoms with Gasteiger partial charge in [-0.05, 0) is 58.4 Å². The van der Waals surface area contributed by atoms with Crippen molar-refractivity contribution in [2.24, 2.45) is 4.99 Å². The maximum absolute atomic E-state index is 6.27. The molecule has 1 saturated heterocycles. The lowest BCUT2D eigenvalue weighted by atomic mass is 10.1. The smallest absolute Gasteiger partial charge is 0.194 e. The first-order valence-corrected chi connectivity index (χ1v) is 10.7. The van der Waals surface area contributed by atoms with Crippen LogP contribution < -0.4 is 10.1 Å². The Kier molecular flexibility index (Phi) is 10.4. The Hall–Kier alpha value is -1.02. The van der Waals surface area contributed by atoms with Crippen LogP contribution in [-0.4, -0.2) is 49.3 Å². The van der Waals surface area contributed by atoms with Gasteiger partial charge in [-0.15, -0.1) is 24.0 Å². The van der Waals surface area contributed by atoms with Gasteiger partial charge in [0, 0.05) is 31.8 Å². The maximum atomic E-state index is 6.27. The molecule has 0 atom stereocenters. The molecule has 28 heavy (non-hydrogen) atoms. The van der Waals surface area contributed by atoms with Crippen LogP contribution in [-0.2, 0) is 11.3 Å². The van der Waals surface area contributed by atoms with Crippen molar-refractivity contribution in [1.29, 1.82) is 0 Å². The van der Waals surface area contributed by atoms with E-state index in [4.69, 9.17) is 14.5 Å². The third kappa shape index (κ3) is 6.79. The summed E-state index contributed by atoms with van der Waals surface area (Å²) in [6.45, 7) is 8.52. The third-order valence-electron chi connectivity index (χ3n) is 5.45. The van der Waals surface area contributed by atoms with Crippen molar-refractivity contribution in [3.05, 3.63) is 29.8 Å². The minimum absolute atomic E-state index is 0. The molecule has 0 amide bonds. The van der Waals surface area contributed by atoms with Gasteiger partial charge in [-0.2, -0.15) is 0 Å². The molecular weight excluding hydrogens is 465 g/mol. The highest BCUT2D eigenvalue weighted by atomic mass is 127. The van der Waals surface area contributed by atoms with Crippen LogP contribution in [0.15, 0.2) is 29.3 Å². The minimum Gasteiger partial charge on any atom is -0.490 e. The highest BCUT2D eigenvalue weighted by molar-refractivity contribution is 14.0. The molecule has 1 heterocycles. The molecule has 0 bridgehead atoms. The van der Waals surface area contributed by atoms with Crippen LogP contribution in [0, 0.1) is 0 Å². The molecule has 2 aliphatic rings. The summed E-state index contributed by atoms with van der Waals surface area (Å²) in [5.41, 5.74) is 1.17. The van der Waals surface area contributed by atoms with Gasteiger partial charge >= 0.3 is 0 Å². The molecule has 1 N–H and O–H groups in total. The highest BCUT2D eigenvalue weighted by Gasteiger charge is 2.22. The number of halogens is 1. The average molecular weight is 501 g/mol. The number of hydrogen-bond donors (Lipinski definition) is 1. The van der Waals surface area contributed by atoms with Crippen molar-refractivity contribution >= 4 is 29.9 Å². The van der Waals surface area contributed by atoms with Crippen molar-refractivity contribution in [3.8, 4) is 5.75 Å². The standard InChI is InChI=1S/C22H35N3O2.HI/c1-3-23-22(25-15-13-19(14-16-25)26-4-2)24-17-18-9-5-8-12-21(18)27-20-10-6-7-11-20;/h5,8-9,12,19-20H,3-4,6-7,10-11,13-17H2,1-2H3,(H,23,24);1H. The van der Waals surface area contributed by atoms with E-state index in [2.05, 4.69) is 48.3 Å². The van der Waals surface area contributed by atoms with E-state index < -0.39 is 0 Å². The number of piperidine rings is 1. The summed E-state index contributed by atoms with van der Waals surface area (Å²) in [6.07, 6.45) is 7.83. The summed E-state index contributed by atoms with van der Waals surface area (Å²) in [4.78, 5) is 7.28. The molecule has 0 aromatic heterocycles. The van der Waals surface area contributed by atoms with Crippen LogP contribution in [0.4, 0.5) is 0 Å². The molecule has 1 aromatic carbocycles. The van der Waals surface area contributed by atoms with E-state index in [0.717, 1.165) is 50.8 Å². The highest BCUT2D eigenvalue weighted by Crippen LogP contribution is 2.27. The number of guanidine groups is 1. The summed E-state index contributed by atoms with van der Waals surface area (Å²) in [5.74, 6) is 2.00. The van der Waals surface area contributed by atoms with E-state index in [0.29, 0.717) is 18.8 Å². The Morgan fingerprint density at radius 2 is 1.79 bits per heavy atom. The van der Waals surface area contributed by atoms with Crippen LogP contribution in [0.25, 0.3) is 0 Å². The monoisotopic (exact) mass is 501 g/mol. The van der Waals surface area contributed by atoms with Crippen molar-refractivity contribution in [3.63, 3.8) is 0 Å². The van der Waals surface area contributed by atoms with E-state index in [9.17, 15) is 0 Å². The van der Waals surface area contributed by atoms with Crippen molar-refractivity contribution in [2.45, 2.75) is 71.1 Å². The zero-order valence-corrected chi connectivity index (χ0v) is 19.7. The summed E-state index contributed by atoms with van der Waals surface area (Å²) >= 11 is 0. The number of nitrogens with zero attached hydrogens (tertiary/aromatic N) is 2. The average Bonchev–Trinajstić information content (AvgIpc) is 3.20. The Labute approximate surface area is 187 Å². The predicted molar refractivity (Wildman–Crippen MR) is 126 cm³/mol. The number of rotatable bonds is 7. The molecule has 3 rings (SSSR count). The lowest BCUT2D eigenvalue weighted by molar-refractivity contribution is 0.0263. The number of nitrogens with one attached hydrogen (secondary N) is 1. The number of benzene rings is 1. The first kappa shape index (κ1) is 23.3. The summed E-state index contributed by atoms with van der Waals surface area (Å²) in [7, 11) is 0. The van der Waals surface area contributed by atoms with Gasteiger partial charge in [0.15, 0.2) is 5.96 Å². The molecule has 0 unspecified atom stereocenters. The first-order chi connectivity index (χ1) is 13.3. The zero-order chi connectivity index (χ0) is 18.9. The molecule has 2 fully saturated rings. The van der Waals surface area contributed by atoms with Gasteiger partial charge in [-0.3, -0.25) is 0 Å². The molecule has 0 spiro atoms. The molecule has 1 aromatic rings. The van der Waals surface area contributed by atoms with Crippen molar-refractivity contribution in [2.75, 3.05) is 26.2 Å². The molecule has 1 aliphatic heterocycles. The molecule has 1 aliphatic carbocycles. The largest absolute Gasteiger partial charge is 0.490 e. The SMILES string of the molecule is CCNC(=NCc1ccccc1OC1CCCC1)N1CCC(OCC)CC1.I. The summed E-state index contributed by atoms with van der Waals surface area (Å²) < 4.78 is 12.0. The quantitative estimate of drug-likeness (QED) is 0.337. The summed E-state index contributed by atoms with van der Waals surface area (Å²) in [6, 6.07) is 8.36.